The van der Waals surface area contributed by atoms with Gasteiger partial charge in [-0.15, -0.1) is 0 Å². The van der Waals surface area contributed by atoms with Crippen molar-refractivity contribution in [1.82, 2.24) is 20.2 Å². The van der Waals surface area contributed by atoms with Gasteiger partial charge in [0.1, 0.15) is 5.82 Å². The average molecular weight is 348 g/mol. The monoisotopic (exact) mass is 347 g/mol. The van der Waals surface area contributed by atoms with E-state index in [-0.39, 0.29) is 12.1 Å². The Balaban J connectivity index is 1.35. The van der Waals surface area contributed by atoms with Crippen molar-refractivity contribution in [3.05, 3.63) is 29.4 Å². The number of morpholine rings is 1. The number of halogens is 1. The summed E-state index contributed by atoms with van der Waals surface area (Å²) in [6, 6.07) is 5.61. The summed E-state index contributed by atoms with van der Waals surface area (Å²) < 4.78 is 5.26. The highest BCUT2D eigenvalue weighted by Crippen LogP contribution is 2.22. The number of benzene rings is 1. The quantitative estimate of drug-likeness (QED) is 0.891. The van der Waals surface area contributed by atoms with E-state index in [1.165, 1.54) is 0 Å². The molecule has 126 valence electrons. The van der Waals surface area contributed by atoms with Crippen molar-refractivity contribution in [2.45, 2.75) is 6.04 Å². The second kappa shape index (κ2) is 6.41. The van der Waals surface area contributed by atoms with Gasteiger partial charge in [0.05, 0.1) is 36.5 Å². The predicted molar refractivity (Wildman–Crippen MR) is 91.5 cm³/mol. The number of hydrogen-bond donors (Lipinski definition) is 1. The van der Waals surface area contributed by atoms with Crippen LogP contribution in [-0.4, -0.2) is 66.3 Å². The normalized spacial score (nSPS) is 18.5. The first-order valence-electron chi connectivity index (χ1n) is 7.99. The molecule has 1 aromatic heterocycles. The summed E-state index contributed by atoms with van der Waals surface area (Å²) in [6.07, 6.45) is 1.75. The van der Waals surface area contributed by atoms with Gasteiger partial charge in [0, 0.05) is 31.2 Å². The first-order chi connectivity index (χ1) is 11.7. The lowest BCUT2D eigenvalue weighted by Crippen LogP contribution is -2.62. The number of amides is 2. The summed E-state index contributed by atoms with van der Waals surface area (Å²) in [5.74, 6) is 0.821. The molecule has 0 spiro atoms. The van der Waals surface area contributed by atoms with Gasteiger partial charge in [-0.1, -0.05) is 11.6 Å². The van der Waals surface area contributed by atoms with E-state index >= 15 is 0 Å². The number of ether oxygens (including phenoxy) is 1. The number of fused-ring (bicyclic) bond motifs is 1. The van der Waals surface area contributed by atoms with E-state index in [9.17, 15) is 4.79 Å². The molecular formula is C16H18ClN5O2. The van der Waals surface area contributed by atoms with Crippen LogP contribution in [0.3, 0.4) is 0 Å². The number of rotatable bonds is 2. The second-order valence-corrected chi connectivity index (χ2v) is 6.45. The zero-order valence-electron chi connectivity index (χ0n) is 13.1. The van der Waals surface area contributed by atoms with Crippen molar-refractivity contribution in [2.24, 2.45) is 0 Å². The largest absolute Gasteiger partial charge is 0.378 e. The van der Waals surface area contributed by atoms with Gasteiger partial charge in [-0.05, 0) is 18.2 Å². The summed E-state index contributed by atoms with van der Waals surface area (Å²) in [5, 5.41) is 3.71. The molecule has 4 rings (SSSR count). The molecular weight excluding hydrogens is 330 g/mol. The molecule has 1 aromatic carbocycles. The number of carbonyl (C=O) groups is 1. The summed E-state index contributed by atoms with van der Waals surface area (Å²) >= 11 is 5.96. The van der Waals surface area contributed by atoms with E-state index in [0.717, 1.165) is 29.9 Å². The number of nitrogens with one attached hydrogen (secondary N) is 1. The molecule has 24 heavy (non-hydrogen) atoms. The molecule has 8 heteroatoms. The third kappa shape index (κ3) is 3.09. The van der Waals surface area contributed by atoms with Crippen molar-refractivity contribution < 1.29 is 9.53 Å². The van der Waals surface area contributed by atoms with Gasteiger partial charge < -0.3 is 19.9 Å². The lowest BCUT2D eigenvalue weighted by molar-refractivity contribution is 0.0522. The number of nitrogens with zero attached hydrogens (tertiary/aromatic N) is 4. The van der Waals surface area contributed by atoms with Crippen LogP contribution in [0, 0.1) is 0 Å². The highest BCUT2D eigenvalue weighted by atomic mass is 35.5. The standard InChI is InChI=1S/C16H18ClN5O2/c17-11-1-2-13-14(7-11)18-8-15(20-13)22-9-12(10-22)19-16(23)21-3-5-24-6-4-21/h1-2,7-8,12H,3-6,9-10H2,(H,19,23). The molecule has 0 bridgehead atoms. The molecule has 0 aliphatic carbocycles. The first-order valence-corrected chi connectivity index (χ1v) is 8.37. The maximum atomic E-state index is 12.2. The molecule has 2 saturated heterocycles. The molecule has 2 aromatic rings. The molecule has 2 aliphatic heterocycles. The van der Waals surface area contributed by atoms with Crippen LogP contribution in [0.5, 0.6) is 0 Å². The van der Waals surface area contributed by atoms with Crippen LogP contribution in [0.25, 0.3) is 11.0 Å². The minimum Gasteiger partial charge on any atom is -0.378 e. The summed E-state index contributed by atoms with van der Waals surface area (Å²) in [5.41, 5.74) is 1.60. The zero-order valence-corrected chi connectivity index (χ0v) is 13.9. The Labute approximate surface area is 144 Å². The number of hydrogen-bond acceptors (Lipinski definition) is 5. The fraction of sp³-hybridized carbons (Fsp3) is 0.438. The fourth-order valence-electron chi connectivity index (χ4n) is 2.92. The van der Waals surface area contributed by atoms with Crippen molar-refractivity contribution in [2.75, 3.05) is 44.3 Å². The van der Waals surface area contributed by atoms with E-state index < -0.39 is 0 Å². The zero-order chi connectivity index (χ0) is 16.5. The summed E-state index contributed by atoms with van der Waals surface area (Å²) in [6.45, 7) is 4.01. The van der Waals surface area contributed by atoms with E-state index in [4.69, 9.17) is 16.3 Å². The summed E-state index contributed by atoms with van der Waals surface area (Å²) in [7, 11) is 0. The van der Waals surface area contributed by atoms with E-state index in [1.54, 1.807) is 17.2 Å². The van der Waals surface area contributed by atoms with Crippen LogP contribution in [0.15, 0.2) is 24.4 Å². The third-order valence-corrected chi connectivity index (χ3v) is 4.56. The third-order valence-electron chi connectivity index (χ3n) is 4.32. The number of anilines is 1. The van der Waals surface area contributed by atoms with Crippen LogP contribution >= 0.6 is 11.6 Å². The van der Waals surface area contributed by atoms with Gasteiger partial charge >= 0.3 is 6.03 Å². The maximum absolute atomic E-state index is 12.2. The van der Waals surface area contributed by atoms with Gasteiger partial charge in [-0.25, -0.2) is 9.78 Å². The second-order valence-electron chi connectivity index (χ2n) is 6.01. The maximum Gasteiger partial charge on any atom is 0.317 e. The number of urea groups is 1. The molecule has 1 N–H and O–H groups in total. The molecule has 0 saturated carbocycles. The van der Waals surface area contributed by atoms with Gasteiger partial charge in [0.15, 0.2) is 0 Å². The predicted octanol–water partition coefficient (Wildman–Crippen LogP) is 1.51. The Morgan fingerprint density at radius 1 is 1.25 bits per heavy atom. The summed E-state index contributed by atoms with van der Waals surface area (Å²) in [4.78, 5) is 25.1. The van der Waals surface area contributed by atoms with Crippen LogP contribution in [0.1, 0.15) is 0 Å². The number of aromatic nitrogens is 2. The van der Waals surface area contributed by atoms with Crippen molar-refractivity contribution >= 4 is 34.5 Å². The van der Waals surface area contributed by atoms with Crippen LogP contribution in [0.4, 0.5) is 10.6 Å². The molecule has 3 heterocycles. The Bertz CT molecular complexity index is 759. The Hall–Kier alpha value is -2.12. The number of carbonyl (C=O) groups excluding carboxylic acids is 1. The van der Waals surface area contributed by atoms with Gasteiger partial charge in [0.25, 0.3) is 0 Å². The average Bonchev–Trinajstić information content (AvgIpc) is 2.58. The molecule has 0 atom stereocenters. The lowest BCUT2D eigenvalue weighted by Gasteiger charge is -2.41. The molecule has 7 nitrogen and oxygen atoms in total. The smallest absolute Gasteiger partial charge is 0.317 e. The van der Waals surface area contributed by atoms with Crippen LogP contribution < -0.4 is 10.2 Å². The first kappa shape index (κ1) is 15.4. The molecule has 0 radical (unpaired) electrons. The van der Waals surface area contributed by atoms with Crippen LogP contribution in [-0.2, 0) is 4.74 Å². The SMILES string of the molecule is O=C(NC1CN(c2cnc3cc(Cl)ccc3n2)C1)N1CCOCC1. The van der Waals surface area contributed by atoms with E-state index in [0.29, 0.717) is 31.3 Å². The van der Waals surface area contributed by atoms with Gasteiger partial charge in [0.2, 0.25) is 0 Å². The highest BCUT2D eigenvalue weighted by molar-refractivity contribution is 6.31. The molecule has 0 unspecified atom stereocenters. The highest BCUT2D eigenvalue weighted by Gasteiger charge is 2.31. The molecule has 2 amide bonds. The van der Waals surface area contributed by atoms with Crippen molar-refractivity contribution in [3.63, 3.8) is 0 Å². The van der Waals surface area contributed by atoms with E-state index in [1.807, 2.05) is 12.1 Å². The Morgan fingerprint density at radius 2 is 2.04 bits per heavy atom. The Morgan fingerprint density at radius 3 is 2.83 bits per heavy atom. The molecule has 2 fully saturated rings. The van der Waals surface area contributed by atoms with E-state index in [2.05, 4.69) is 20.2 Å². The van der Waals surface area contributed by atoms with Gasteiger partial charge in [-0.2, -0.15) is 0 Å². The topological polar surface area (TPSA) is 70.6 Å². The van der Waals surface area contributed by atoms with Crippen LogP contribution in [0.2, 0.25) is 5.02 Å². The van der Waals surface area contributed by atoms with Crippen molar-refractivity contribution in [1.29, 1.82) is 0 Å². The Kier molecular flexibility index (Phi) is 4.12. The molecule has 2 aliphatic rings. The van der Waals surface area contributed by atoms with Gasteiger partial charge in [-0.3, -0.25) is 4.98 Å². The minimum absolute atomic E-state index is 0.0119. The lowest BCUT2D eigenvalue weighted by atomic mass is 10.1. The fourth-order valence-corrected chi connectivity index (χ4v) is 3.08. The minimum atomic E-state index is -0.0119. The van der Waals surface area contributed by atoms with Crippen molar-refractivity contribution in [3.8, 4) is 0 Å².